The number of hydrogen-bond donors (Lipinski definition) is 0. The van der Waals surface area contributed by atoms with Crippen LogP contribution in [0.5, 0.6) is 0 Å². The molecule has 1 aromatic heterocycles. The van der Waals surface area contributed by atoms with Crippen molar-refractivity contribution in [2.45, 2.75) is 19.3 Å². The van der Waals surface area contributed by atoms with E-state index in [9.17, 15) is 9.59 Å². The molecule has 1 unspecified atom stereocenters. The van der Waals surface area contributed by atoms with Crippen molar-refractivity contribution in [3.8, 4) is 0 Å². The molecule has 1 heterocycles. The molecular formula is C15H15NO2. The first-order chi connectivity index (χ1) is 8.68. The van der Waals surface area contributed by atoms with Crippen LogP contribution >= 0.6 is 0 Å². The lowest BCUT2D eigenvalue weighted by molar-refractivity contribution is -0.119. The Hall–Kier alpha value is -1.90. The number of fused-ring (bicyclic) bond motifs is 1. The molecule has 3 heteroatoms. The summed E-state index contributed by atoms with van der Waals surface area (Å²) in [5.74, 6) is -0.307. The van der Waals surface area contributed by atoms with Crippen LogP contribution in [-0.4, -0.2) is 16.1 Å². The fraction of sp³-hybridized carbons (Fsp3) is 0.333. The van der Waals surface area contributed by atoms with Gasteiger partial charge in [0.05, 0.1) is 5.92 Å². The van der Waals surface area contributed by atoms with Crippen LogP contribution in [-0.2, 0) is 11.8 Å². The number of Topliss-reactive ketones (excluding diaryl/α,β-unsaturated/α-hetero) is 2. The van der Waals surface area contributed by atoms with Crippen LogP contribution in [0.4, 0.5) is 0 Å². The second-order valence-corrected chi connectivity index (χ2v) is 4.95. The van der Waals surface area contributed by atoms with Gasteiger partial charge in [0.15, 0.2) is 5.78 Å². The van der Waals surface area contributed by atoms with E-state index in [1.54, 1.807) is 0 Å². The smallest absolute Gasteiger partial charge is 0.175 e. The summed E-state index contributed by atoms with van der Waals surface area (Å²) in [6.07, 6.45) is 3.96. The molecule has 18 heavy (non-hydrogen) atoms. The number of rotatable bonds is 2. The SMILES string of the molecule is Cn1cc(C(=O)C2CCCC2=O)c2ccccc21. The highest BCUT2D eigenvalue weighted by molar-refractivity contribution is 6.17. The van der Waals surface area contributed by atoms with Crippen LogP contribution in [0.25, 0.3) is 10.9 Å². The lowest BCUT2D eigenvalue weighted by atomic mass is 9.95. The van der Waals surface area contributed by atoms with Crippen LogP contribution in [0, 0.1) is 5.92 Å². The maximum absolute atomic E-state index is 12.5. The molecule has 1 aliphatic carbocycles. The van der Waals surface area contributed by atoms with E-state index in [1.807, 2.05) is 42.1 Å². The van der Waals surface area contributed by atoms with Gasteiger partial charge in [-0.2, -0.15) is 0 Å². The van der Waals surface area contributed by atoms with Gasteiger partial charge in [0.25, 0.3) is 0 Å². The van der Waals surface area contributed by atoms with E-state index in [0.29, 0.717) is 18.4 Å². The average molecular weight is 241 g/mol. The summed E-state index contributed by atoms with van der Waals surface area (Å²) in [4.78, 5) is 24.2. The molecule has 1 aromatic carbocycles. The number of aryl methyl sites for hydroxylation is 1. The molecule has 1 fully saturated rings. The molecule has 0 aliphatic heterocycles. The Balaban J connectivity index is 2.09. The van der Waals surface area contributed by atoms with E-state index in [-0.39, 0.29) is 11.6 Å². The molecular weight excluding hydrogens is 226 g/mol. The molecule has 1 aliphatic rings. The Morgan fingerprint density at radius 2 is 2.11 bits per heavy atom. The third-order valence-electron chi connectivity index (χ3n) is 3.78. The van der Waals surface area contributed by atoms with Crippen molar-refractivity contribution in [2.75, 3.05) is 0 Å². The second-order valence-electron chi connectivity index (χ2n) is 4.95. The minimum absolute atomic E-state index is 0.00528. The van der Waals surface area contributed by atoms with Crippen LogP contribution in [0.3, 0.4) is 0 Å². The average Bonchev–Trinajstić information content (AvgIpc) is 2.94. The Bertz CT molecular complexity index is 639. The zero-order valence-corrected chi connectivity index (χ0v) is 10.3. The maximum Gasteiger partial charge on any atom is 0.175 e. The van der Waals surface area contributed by atoms with Crippen molar-refractivity contribution in [3.63, 3.8) is 0 Å². The number of hydrogen-bond acceptors (Lipinski definition) is 2. The Labute approximate surface area is 105 Å². The summed E-state index contributed by atoms with van der Waals surface area (Å²) in [5.41, 5.74) is 1.72. The summed E-state index contributed by atoms with van der Waals surface area (Å²) in [6.45, 7) is 0. The Morgan fingerprint density at radius 3 is 2.83 bits per heavy atom. The van der Waals surface area contributed by atoms with Crippen LogP contribution < -0.4 is 0 Å². The minimum atomic E-state index is -0.407. The highest BCUT2D eigenvalue weighted by Gasteiger charge is 2.32. The topological polar surface area (TPSA) is 39.1 Å². The molecule has 0 saturated heterocycles. The number of carbonyl (C=O) groups is 2. The summed E-state index contributed by atoms with van der Waals surface area (Å²) in [5, 5.41) is 0.949. The molecule has 0 N–H and O–H groups in total. The molecule has 3 nitrogen and oxygen atoms in total. The molecule has 92 valence electrons. The van der Waals surface area contributed by atoms with E-state index < -0.39 is 5.92 Å². The summed E-state index contributed by atoms with van der Waals surface area (Å²) >= 11 is 0. The van der Waals surface area contributed by atoms with E-state index >= 15 is 0 Å². The number of carbonyl (C=O) groups excluding carboxylic acids is 2. The van der Waals surface area contributed by atoms with Gasteiger partial charge < -0.3 is 4.57 Å². The zero-order chi connectivity index (χ0) is 12.7. The van der Waals surface area contributed by atoms with Crippen molar-refractivity contribution >= 4 is 22.5 Å². The summed E-state index contributed by atoms with van der Waals surface area (Å²) in [7, 11) is 1.93. The predicted molar refractivity (Wildman–Crippen MR) is 69.6 cm³/mol. The first-order valence-electron chi connectivity index (χ1n) is 6.29. The van der Waals surface area contributed by atoms with Crippen molar-refractivity contribution in [2.24, 2.45) is 13.0 Å². The number of benzene rings is 1. The van der Waals surface area contributed by atoms with Crippen molar-refractivity contribution in [3.05, 3.63) is 36.0 Å². The Morgan fingerprint density at radius 1 is 1.33 bits per heavy atom. The van der Waals surface area contributed by atoms with E-state index in [4.69, 9.17) is 0 Å². The normalized spacial score (nSPS) is 19.6. The van der Waals surface area contributed by atoms with Gasteiger partial charge in [0.2, 0.25) is 0 Å². The predicted octanol–water partition coefficient (Wildman–Crippen LogP) is 2.73. The van der Waals surface area contributed by atoms with Crippen molar-refractivity contribution in [1.29, 1.82) is 0 Å². The van der Waals surface area contributed by atoms with Gasteiger partial charge in [-0.25, -0.2) is 0 Å². The molecule has 3 rings (SSSR count). The monoisotopic (exact) mass is 241 g/mol. The first kappa shape index (κ1) is 11.2. The second kappa shape index (κ2) is 4.09. The van der Waals surface area contributed by atoms with Crippen LogP contribution in [0.2, 0.25) is 0 Å². The largest absolute Gasteiger partial charge is 0.350 e. The minimum Gasteiger partial charge on any atom is -0.350 e. The summed E-state index contributed by atoms with van der Waals surface area (Å²) in [6, 6.07) is 7.82. The highest BCUT2D eigenvalue weighted by Crippen LogP contribution is 2.29. The van der Waals surface area contributed by atoms with Crippen LogP contribution in [0.15, 0.2) is 30.5 Å². The molecule has 0 radical (unpaired) electrons. The van der Waals surface area contributed by atoms with E-state index in [0.717, 1.165) is 17.3 Å². The highest BCUT2D eigenvalue weighted by atomic mass is 16.2. The third kappa shape index (κ3) is 1.58. The number of nitrogens with zero attached hydrogens (tertiary/aromatic N) is 1. The lowest BCUT2D eigenvalue weighted by Gasteiger charge is -2.05. The van der Waals surface area contributed by atoms with Gasteiger partial charge in [-0.1, -0.05) is 18.2 Å². The van der Waals surface area contributed by atoms with Crippen LogP contribution in [0.1, 0.15) is 29.6 Å². The van der Waals surface area contributed by atoms with Gasteiger partial charge >= 0.3 is 0 Å². The number of para-hydroxylation sites is 1. The molecule has 0 amide bonds. The molecule has 2 aromatic rings. The molecule has 0 bridgehead atoms. The van der Waals surface area contributed by atoms with Gasteiger partial charge in [0, 0.05) is 36.1 Å². The number of ketones is 2. The maximum atomic E-state index is 12.5. The lowest BCUT2D eigenvalue weighted by Crippen LogP contribution is -2.18. The fourth-order valence-electron chi connectivity index (χ4n) is 2.82. The van der Waals surface area contributed by atoms with Gasteiger partial charge in [-0.15, -0.1) is 0 Å². The van der Waals surface area contributed by atoms with Gasteiger partial charge in [-0.3, -0.25) is 9.59 Å². The van der Waals surface area contributed by atoms with E-state index in [2.05, 4.69) is 0 Å². The van der Waals surface area contributed by atoms with E-state index in [1.165, 1.54) is 0 Å². The summed E-state index contributed by atoms with van der Waals surface area (Å²) < 4.78 is 1.95. The number of aromatic nitrogens is 1. The van der Waals surface area contributed by atoms with Crippen molar-refractivity contribution < 1.29 is 9.59 Å². The quantitative estimate of drug-likeness (QED) is 0.599. The fourth-order valence-corrected chi connectivity index (χ4v) is 2.82. The molecule has 0 spiro atoms. The first-order valence-corrected chi connectivity index (χ1v) is 6.29. The standard InChI is InChI=1S/C15H15NO2/c1-16-9-12(10-5-2-3-7-13(10)16)15(18)11-6-4-8-14(11)17/h2-3,5,7,9,11H,4,6,8H2,1H3. The zero-order valence-electron chi connectivity index (χ0n) is 10.3. The van der Waals surface area contributed by atoms with Gasteiger partial charge in [-0.05, 0) is 18.9 Å². The van der Waals surface area contributed by atoms with Gasteiger partial charge in [0.1, 0.15) is 5.78 Å². The Kier molecular flexibility index (Phi) is 2.54. The molecule has 1 atom stereocenters. The molecule has 1 saturated carbocycles. The third-order valence-corrected chi connectivity index (χ3v) is 3.78. The van der Waals surface area contributed by atoms with Crippen molar-refractivity contribution in [1.82, 2.24) is 4.57 Å².